The van der Waals surface area contributed by atoms with E-state index in [2.05, 4.69) is 0 Å². The first-order valence-electron chi connectivity index (χ1n) is 8.80. The number of hydrogen-bond acceptors (Lipinski definition) is 2. The summed E-state index contributed by atoms with van der Waals surface area (Å²) < 4.78 is 0.993. The van der Waals surface area contributed by atoms with E-state index in [9.17, 15) is 4.79 Å². The maximum Gasteiger partial charge on any atom is 0.274 e. The highest BCUT2D eigenvalue weighted by atomic mass is 35.5. The summed E-state index contributed by atoms with van der Waals surface area (Å²) in [5.41, 5.74) is 3.61. The lowest BCUT2D eigenvalue weighted by molar-refractivity contribution is 0.100. The van der Waals surface area contributed by atoms with Gasteiger partial charge in [0.05, 0.1) is 10.7 Å². The number of carbonyl (C=O) groups excluding carboxylic acids is 1. The Morgan fingerprint density at radius 2 is 1.64 bits per heavy atom. The second-order valence-electron chi connectivity index (χ2n) is 6.65. The summed E-state index contributed by atoms with van der Waals surface area (Å²) in [6.07, 6.45) is 0. The number of carbonyl (C=O) groups is 1. The fourth-order valence-corrected chi connectivity index (χ4v) is 4.85. The van der Waals surface area contributed by atoms with Crippen molar-refractivity contribution in [3.63, 3.8) is 0 Å². The van der Waals surface area contributed by atoms with E-state index < -0.39 is 0 Å². The Morgan fingerprint density at radius 1 is 0.929 bits per heavy atom. The number of halogens is 2. The van der Waals surface area contributed by atoms with Gasteiger partial charge in [0.1, 0.15) is 4.88 Å². The SMILES string of the molecule is Cc1ccc(N(C(=O)c2sc3ccccc3c2Cl)c2ccc(Cl)cc2C)cc1. The monoisotopic (exact) mass is 425 g/mol. The van der Waals surface area contributed by atoms with Gasteiger partial charge in [0, 0.05) is 20.8 Å². The molecule has 0 unspecified atom stereocenters. The molecule has 0 bridgehead atoms. The van der Waals surface area contributed by atoms with Crippen molar-refractivity contribution in [1.29, 1.82) is 0 Å². The van der Waals surface area contributed by atoms with Crippen LogP contribution in [0.15, 0.2) is 66.7 Å². The van der Waals surface area contributed by atoms with Crippen LogP contribution in [0.3, 0.4) is 0 Å². The quantitative estimate of drug-likeness (QED) is 0.327. The summed E-state index contributed by atoms with van der Waals surface area (Å²) in [4.78, 5) is 15.9. The summed E-state index contributed by atoms with van der Waals surface area (Å²) in [5.74, 6) is -0.152. The first-order valence-corrected chi connectivity index (χ1v) is 10.4. The zero-order valence-electron chi connectivity index (χ0n) is 15.4. The van der Waals surface area contributed by atoms with Gasteiger partial charge in [0.25, 0.3) is 5.91 Å². The van der Waals surface area contributed by atoms with Crippen LogP contribution >= 0.6 is 34.5 Å². The molecule has 0 fully saturated rings. The summed E-state index contributed by atoms with van der Waals surface area (Å²) >= 11 is 14.2. The number of nitrogens with zero attached hydrogens (tertiary/aromatic N) is 1. The Hall–Kier alpha value is -2.33. The van der Waals surface area contributed by atoms with Gasteiger partial charge in [0.2, 0.25) is 0 Å². The highest BCUT2D eigenvalue weighted by Crippen LogP contribution is 2.39. The molecule has 0 spiro atoms. The number of rotatable bonds is 3. The normalized spacial score (nSPS) is 11.0. The van der Waals surface area contributed by atoms with Gasteiger partial charge in [-0.05, 0) is 55.8 Å². The highest BCUT2D eigenvalue weighted by Gasteiger charge is 2.26. The van der Waals surface area contributed by atoms with Gasteiger partial charge in [-0.1, -0.05) is 59.1 Å². The molecule has 4 aromatic rings. The molecule has 1 aromatic heterocycles. The van der Waals surface area contributed by atoms with Crippen LogP contribution in [0.1, 0.15) is 20.8 Å². The number of benzene rings is 3. The van der Waals surface area contributed by atoms with E-state index in [1.165, 1.54) is 11.3 Å². The van der Waals surface area contributed by atoms with Crippen molar-refractivity contribution in [3.8, 4) is 0 Å². The number of fused-ring (bicyclic) bond motifs is 1. The van der Waals surface area contributed by atoms with Gasteiger partial charge < -0.3 is 0 Å². The van der Waals surface area contributed by atoms with Crippen molar-refractivity contribution in [2.45, 2.75) is 13.8 Å². The molecule has 3 aromatic carbocycles. The van der Waals surface area contributed by atoms with E-state index in [0.29, 0.717) is 14.9 Å². The van der Waals surface area contributed by atoms with Crippen molar-refractivity contribution in [3.05, 3.63) is 92.8 Å². The summed E-state index contributed by atoms with van der Waals surface area (Å²) in [5, 5.41) is 2.03. The van der Waals surface area contributed by atoms with Crippen LogP contribution < -0.4 is 4.90 Å². The molecule has 1 heterocycles. The maximum absolute atomic E-state index is 13.7. The maximum atomic E-state index is 13.7. The molecule has 0 aliphatic rings. The first-order chi connectivity index (χ1) is 13.5. The number of anilines is 2. The lowest BCUT2D eigenvalue weighted by Crippen LogP contribution is -2.26. The van der Waals surface area contributed by atoms with Crippen molar-refractivity contribution in [2.75, 3.05) is 4.90 Å². The summed E-state index contributed by atoms with van der Waals surface area (Å²) in [7, 11) is 0. The molecule has 4 rings (SSSR count). The van der Waals surface area contributed by atoms with Crippen LogP contribution in [0.2, 0.25) is 10.0 Å². The van der Waals surface area contributed by atoms with Crippen LogP contribution in [-0.2, 0) is 0 Å². The van der Waals surface area contributed by atoms with Crippen molar-refractivity contribution in [1.82, 2.24) is 0 Å². The molecule has 140 valence electrons. The summed E-state index contributed by atoms with van der Waals surface area (Å²) in [6, 6.07) is 21.2. The van der Waals surface area contributed by atoms with Crippen molar-refractivity contribution >= 4 is 61.9 Å². The van der Waals surface area contributed by atoms with Gasteiger partial charge in [-0.25, -0.2) is 0 Å². The Balaban J connectivity index is 1.90. The Bertz CT molecular complexity index is 1180. The molecule has 0 saturated heterocycles. The molecule has 2 nitrogen and oxygen atoms in total. The second-order valence-corrected chi connectivity index (χ2v) is 8.51. The number of aryl methyl sites for hydroxylation is 2. The fourth-order valence-electron chi connectivity index (χ4n) is 3.18. The zero-order valence-corrected chi connectivity index (χ0v) is 17.7. The van der Waals surface area contributed by atoms with Gasteiger partial charge in [-0.3, -0.25) is 9.69 Å². The fraction of sp³-hybridized carbons (Fsp3) is 0.0870. The Morgan fingerprint density at radius 3 is 2.32 bits per heavy atom. The second kappa shape index (κ2) is 7.59. The van der Waals surface area contributed by atoms with Crippen LogP contribution in [0, 0.1) is 13.8 Å². The molecular formula is C23H17Cl2NOS. The Labute approximate surface area is 177 Å². The topological polar surface area (TPSA) is 20.3 Å². The molecule has 5 heteroatoms. The summed E-state index contributed by atoms with van der Waals surface area (Å²) in [6.45, 7) is 3.97. The minimum Gasteiger partial charge on any atom is -0.276 e. The average molecular weight is 426 g/mol. The molecule has 1 amide bonds. The van der Waals surface area contributed by atoms with Gasteiger partial charge in [-0.15, -0.1) is 11.3 Å². The van der Waals surface area contributed by atoms with Crippen LogP contribution in [0.5, 0.6) is 0 Å². The third-order valence-corrected chi connectivity index (χ3v) is 6.52. The van der Waals surface area contributed by atoms with Crippen LogP contribution in [-0.4, -0.2) is 5.91 Å². The van der Waals surface area contributed by atoms with Crippen molar-refractivity contribution < 1.29 is 4.79 Å². The molecular weight excluding hydrogens is 409 g/mol. The molecule has 28 heavy (non-hydrogen) atoms. The van der Waals surface area contributed by atoms with Gasteiger partial charge in [0.15, 0.2) is 0 Å². The van der Waals surface area contributed by atoms with E-state index in [4.69, 9.17) is 23.2 Å². The van der Waals surface area contributed by atoms with Gasteiger partial charge >= 0.3 is 0 Å². The molecule has 0 N–H and O–H groups in total. The minimum absolute atomic E-state index is 0.152. The zero-order chi connectivity index (χ0) is 19.8. The third-order valence-electron chi connectivity index (χ3n) is 4.62. The largest absolute Gasteiger partial charge is 0.276 e. The standard InChI is InChI=1S/C23H17Cl2NOS/c1-14-7-10-17(11-8-14)26(19-12-9-16(24)13-15(19)2)23(27)22-21(25)18-5-3-4-6-20(18)28-22/h3-13H,1-2H3. The smallest absolute Gasteiger partial charge is 0.274 e. The van der Waals surface area contributed by atoms with E-state index in [1.807, 2.05) is 74.5 Å². The number of amides is 1. The van der Waals surface area contributed by atoms with E-state index >= 15 is 0 Å². The van der Waals surface area contributed by atoms with E-state index in [-0.39, 0.29) is 5.91 Å². The third kappa shape index (κ3) is 3.42. The first kappa shape index (κ1) is 19.0. The predicted molar refractivity (Wildman–Crippen MR) is 121 cm³/mol. The average Bonchev–Trinajstić information content (AvgIpc) is 3.02. The molecule has 0 atom stereocenters. The molecule has 0 saturated carbocycles. The lowest BCUT2D eigenvalue weighted by atomic mass is 10.1. The van der Waals surface area contributed by atoms with Crippen LogP contribution in [0.25, 0.3) is 10.1 Å². The predicted octanol–water partition coefficient (Wildman–Crippen LogP) is 7.80. The van der Waals surface area contributed by atoms with E-state index in [1.54, 1.807) is 11.0 Å². The number of thiophene rings is 1. The lowest BCUT2D eigenvalue weighted by Gasteiger charge is -2.25. The van der Waals surface area contributed by atoms with Crippen molar-refractivity contribution in [2.24, 2.45) is 0 Å². The minimum atomic E-state index is -0.152. The molecule has 0 aliphatic carbocycles. The van der Waals surface area contributed by atoms with Gasteiger partial charge in [-0.2, -0.15) is 0 Å². The molecule has 0 radical (unpaired) electrons. The molecule has 0 aliphatic heterocycles. The Kier molecular flexibility index (Phi) is 5.15. The highest BCUT2D eigenvalue weighted by molar-refractivity contribution is 7.21. The van der Waals surface area contributed by atoms with Crippen LogP contribution in [0.4, 0.5) is 11.4 Å². The van der Waals surface area contributed by atoms with E-state index in [0.717, 1.165) is 32.6 Å². The number of hydrogen-bond donors (Lipinski definition) is 0.